The van der Waals surface area contributed by atoms with E-state index in [2.05, 4.69) is 20.5 Å². The van der Waals surface area contributed by atoms with Crippen LogP contribution in [0, 0.1) is 0 Å². The third-order valence-corrected chi connectivity index (χ3v) is 2.04. The zero-order valence-corrected chi connectivity index (χ0v) is 8.19. The molecule has 1 aliphatic rings. The summed E-state index contributed by atoms with van der Waals surface area (Å²) in [6, 6.07) is 1.66. The molecular weight excluding hydrogens is 196 g/mol. The molecule has 0 aromatic carbocycles. The number of methoxy groups -OCH3 is 1. The second-order valence-electron chi connectivity index (χ2n) is 3.10. The summed E-state index contributed by atoms with van der Waals surface area (Å²) in [4.78, 5) is 4.08. The Hall–Kier alpha value is -2.02. The van der Waals surface area contributed by atoms with Crippen LogP contribution < -0.4 is 21.5 Å². The summed E-state index contributed by atoms with van der Waals surface area (Å²) in [6.07, 6.45) is 3.26. The summed E-state index contributed by atoms with van der Waals surface area (Å²) < 4.78 is 4.93. The zero-order valence-electron chi connectivity index (χ0n) is 8.19. The highest BCUT2D eigenvalue weighted by Crippen LogP contribution is 2.20. The fourth-order valence-electron chi connectivity index (χ4n) is 1.27. The molecule has 2 heterocycles. The molecule has 0 radical (unpaired) electrons. The molecule has 0 saturated carbocycles. The number of H-pyrrole nitrogens is 1. The number of rotatable bonds is 2. The van der Waals surface area contributed by atoms with Gasteiger partial charge in [-0.1, -0.05) is 0 Å². The monoisotopic (exact) mass is 208 g/mol. The Bertz CT molecular complexity index is 423. The number of amidine groups is 1. The lowest BCUT2D eigenvalue weighted by Crippen LogP contribution is -2.49. The number of aromatic nitrogens is 2. The smallest absolute Gasteiger partial charge is 0.232 e. The van der Waals surface area contributed by atoms with Crippen LogP contribution in [0.5, 0.6) is 5.88 Å². The fourth-order valence-corrected chi connectivity index (χ4v) is 1.27. The van der Waals surface area contributed by atoms with E-state index in [1.807, 2.05) is 0 Å². The van der Waals surface area contributed by atoms with Crippen LogP contribution in [0.2, 0.25) is 0 Å². The number of hydrogen-bond acceptors (Lipinski definition) is 6. The van der Waals surface area contributed by atoms with Gasteiger partial charge in [0.25, 0.3) is 0 Å². The van der Waals surface area contributed by atoms with E-state index in [-0.39, 0.29) is 0 Å². The van der Waals surface area contributed by atoms with E-state index in [0.29, 0.717) is 17.4 Å². The summed E-state index contributed by atoms with van der Waals surface area (Å²) >= 11 is 0. The molecule has 1 atom stereocenters. The highest BCUT2D eigenvalue weighted by molar-refractivity contribution is 5.92. The maximum Gasteiger partial charge on any atom is 0.232 e. The van der Waals surface area contributed by atoms with E-state index < -0.39 is 5.79 Å². The van der Waals surface area contributed by atoms with Crippen molar-refractivity contribution in [1.82, 2.24) is 15.5 Å². The van der Waals surface area contributed by atoms with Crippen molar-refractivity contribution < 1.29 is 4.74 Å². The first-order valence-corrected chi connectivity index (χ1v) is 4.32. The second-order valence-corrected chi connectivity index (χ2v) is 3.10. The number of hydrogen-bond donors (Lipinski definition) is 4. The molecular formula is C8H12N6O. The van der Waals surface area contributed by atoms with Crippen molar-refractivity contribution in [3.05, 3.63) is 24.0 Å². The Balaban J connectivity index is 2.33. The summed E-state index contributed by atoms with van der Waals surface area (Å²) in [5.74, 6) is -0.312. The minimum atomic E-state index is -1.11. The molecule has 15 heavy (non-hydrogen) atoms. The maximum atomic E-state index is 5.98. The first-order chi connectivity index (χ1) is 7.14. The molecule has 80 valence electrons. The average molecular weight is 208 g/mol. The molecule has 0 fully saturated rings. The van der Waals surface area contributed by atoms with E-state index >= 15 is 0 Å². The number of nitrogens with two attached hydrogens (primary N) is 2. The highest BCUT2D eigenvalue weighted by Gasteiger charge is 2.29. The molecule has 0 spiro atoms. The Morgan fingerprint density at radius 1 is 1.53 bits per heavy atom. The summed E-state index contributed by atoms with van der Waals surface area (Å²) in [6.45, 7) is 0. The van der Waals surface area contributed by atoms with Gasteiger partial charge in [0.2, 0.25) is 11.7 Å². The van der Waals surface area contributed by atoms with Crippen molar-refractivity contribution in [1.29, 1.82) is 0 Å². The van der Waals surface area contributed by atoms with Crippen molar-refractivity contribution in [2.75, 3.05) is 7.11 Å². The van der Waals surface area contributed by atoms with Crippen LogP contribution in [0.4, 0.5) is 0 Å². The van der Waals surface area contributed by atoms with Gasteiger partial charge in [-0.05, 0) is 6.08 Å². The molecule has 1 aromatic heterocycles. The van der Waals surface area contributed by atoms with Crippen LogP contribution in [-0.2, 0) is 5.79 Å². The average Bonchev–Trinajstić information content (AvgIpc) is 2.66. The van der Waals surface area contributed by atoms with Crippen LogP contribution in [0.15, 0.2) is 23.3 Å². The number of nitrogens with zero attached hydrogens (tertiary/aromatic N) is 2. The van der Waals surface area contributed by atoms with E-state index in [1.54, 1.807) is 18.3 Å². The zero-order chi connectivity index (χ0) is 10.9. The molecule has 2 rings (SSSR count). The Labute approximate surface area is 86.2 Å². The molecule has 6 N–H and O–H groups in total. The number of ether oxygens (including phenoxy) is 1. The van der Waals surface area contributed by atoms with Gasteiger partial charge in [0, 0.05) is 12.3 Å². The lowest BCUT2D eigenvalue weighted by Gasteiger charge is -2.26. The standard InChI is InChI=1S/C8H12N6O/c1-15-7-4-5(13-14-7)8(10)11-3-2-6(9)12-8/h2-4,11H,10H2,1H3,(H2,9,12)(H,13,14). The first kappa shape index (κ1) is 9.53. The molecule has 0 amide bonds. The number of aliphatic imine (C=N–C) groups is 1. The van der Waals surface area contributed by atoms with Gasteiger partial charge in [-0.2, -0.15) is 0 Å². The molecule has 0 bridgehead atoms. The van der Waals surface area contributed by atoms with Crippen molar-refractivity contribution in [2.24, 2.45) is 16.5 Å². The predicted octanol–water partition coefficient (Wildman–Crippen LogP) is -1.04. The predicted molar refractivity (Wildman–Crippen MR) is 54.9 cm³/mol. The summed E-state index contributed by atoms with van der Waals surface area (Å²) in [5.41, 5.74) is 12.1. The van der Waals surface area contributed by atoms with Gasteiger partial charge < -0.3 is 15.8 Å². The number of aromatic amines is 1. The van der Waals surface area contributed by atoms with Gasteiger partial charge >= 0.3 is 0 Å². The molecule has 0 aliphatic carbocycles. The fraction of sp³-hybridized carbons (Fsp3) is 0.250. The van der Waals surface area contributed by atoms with Crippen molar-refractivity contribution in [2.45, 2.75) is 5.79 Å². The molecule has 1 aromatic rings. The highest BCUT2D eigenvalue weighted by atomic mass is 16.5. The van der Waals surface area contributed by atoms with Crippen LogP contribution in [0.3, 0.4) is 0 Å². The second kappa shape index (κ2) is 3.28. The summed E-state index contributed by atoms with van der Waals surface area (Å²) in [7, 11) is 1.52. The normalized spacial score (nSPS) is 24.5. The van der Waals surface area contributed by atoms with E-state index in [4.69, 9.17) is 16.2 Å². The van der Waals surface area contributed by atoms with Gasteiger partial charge in [0.1, 0.15) is 11.5 Å². The minimum absolute atomic E-state index is 0.352. The van der Waals surface area contributed by atoms with E-state index in [0.717, 1.165) is 0 Å². The third-order valence-electron chi connectivity index (χ3n) is 2.04. The van der Waals surface area contributed by atoms with Crippen LogP contribution in [-0.4, -0.2) is 23.1 Å². The Morgan fingerprint density at radius 3 is 2.93 bits per heavy atom. The molecule has 1 unspecified atom stereocenters. The van der Waals surface area contributed by atoms with Gasteiger partial charge in [-0.15, -0.1) is 5.10 Å². The largest absolute Gasteiger partial charge is 0.480 e. The van der Waals surface area contributed by atoms with E-state index in [9.17, 15) is 0 Å². The summed E-state index contributed by atoms with van der Waals surface area (Å²) in [5, 5.41) is 9.49. The van der Waals surface area contributed by atoms with Crippen molar-refractivity contribution >= 4 is 5.84 Å². The van der Waals surface area contributed by atoms with Gasteiger partial charge in [0.05, 0.1) is 7.11 Å². The lowest BCUT2D eigenvalue weighted by atomic mass is 10.2. The SMILES string of the molecule is COc1cc(C2(N)N=C(N)C=CN2)[nH]n1. The van der Waals surface area contributed by atoms with Gasteiger partial charge in [0.15, 0.2) is 0 Å². The van der Waals surface area contributed by atoms with Crippen molar-refractivity contribution in [3.63, 3.8) is 0 Å². The molecule has 7 nitrogen and oxygen atoms in total. The third kappa shape index (κ3) is 1.64. The molecule has 7 heteroatoms. The van der Waals surface area contributed by atoms with Gasteiger partial charge in [-0.3, -0.25) is 10.8 Å². The van der Waals surface area contributed by atoms with Crippen LogP contribution in [0.1, 0.15) is 5.69 Å². The minimum Gasteiger partial charge on any atom is -0.480 e. The molecule has 0 saturated heterocycles. The lowest BCUT2D eigenvalue weighted by molar-refractivity contribution is 0.395. The van der Waals surface area contributed by atoms with Gasteiger partial charge in [-0.25, -0.2) is 4.99 Å². The first-order valence-electron chi connectivity index (χ1n) is 4.32. The molecule has 1 aliphatic heterocycles. The topological polar surface area (TPSA) is 114 Å². The van der Waals surface area contributed by atoms with Crippen LogP contribution in [0.25, 0.3) is 0 Å². The quantitative estimate of drug-likeness (QED) is 0.495. The number of nitrogens with one attached hydrogen (secondary N) is 2. The van der Waals surface area contributed by atoms with E-state index in [1.165, 1.54) is 7.11 Å². The van der Waals surface area contributed by atoms with Crippen molar-refractivity contribution in [3.8, 4) is 5.88 Å². The Kier molecular flexibility index (Phi) is 2.09. The van der Waals surface area contributed by atoms with Crippen LogP contribution >= 0.6 is 0 Å². The maximum absolute atomic E-state index is 5.98. The Morgan fingerprint density at radius 2 is 2.33 bits per heavy atom.